The molecule has 0 aliphatic rings. The summed E-state index contributed by atoms with van der Waals surface area (Å²) in [6.45, 7) is 0. The van der Waals surface area contributed by atoms with Crippen LogP contribution >= 0.6 is 34.8 Å². The highest BCUT2D eigenvalue weighted by Gasteiger charge is 2.13. The predicted molar refractivity (Wildman–Crippen MR) is 82.3 cm³/mol. The summed E-state index contributed by atoms with van der Waals surface area (Å²) in [5.74, 6) is 0.880. The molecule has 0 fully saturated rings. The van der Waals surface area contributed by atoms with Crippen molar-refractivity contribution in [1.82, 2.24) is 4.98 Å². The summed E-state index contributed by atoms with van der Waals surface area (Å²) in [6.07, 6.45) is 5.09. The average molecular weight is 315 g/mol. The third kappa shape index (κ3) is 4.10. The first-order chi connectivity index (χ1) is 9.20. The SMILES string of the molecule is ClCC(Cc1ccccc1Cl)Cc1ccncc1Cl. The predicted octanol–water partition coefficient (Wildman–Crippen LogP) is 5.03. The maximum Gasteiger partial charge on any atom is 0.0621 e. The highest BCUT2D eigenvalue weighted by molar-refractivity contribution is 6.31. The van der Waals surface area contributed by atoms with Crippen LogP contribution in [0.4, 0.5) is 0 Å². The Hall–Kier alpha value is -0.760. The molecule has 1 aromatic heterocycles. The Morgan fingerprint density at radius 2 is 1.63 bits per heavy atom. The van der Waals surface area contributed by atoms with Gasteiger partial charge >= 0.3 is 0 Å². The summed E-state index contributed by atoms with van der Waals surface area (Å²) >= 11 is 18.4. The van der Waals surface area contributed by atoms with Crippen LogP contribution in [-0.2, 0) is 12.8 Å². The molecule has 1 atom stereocenters. The molecule has 100 valence electrons. The number of hydrogen-bond acceptors (Lipinski definition) is 1. The van der Waals surface area contributed by atoms with E-state index in [0.717, 1.165) is 29.0 Å². The molecule has 0 amide bonds. The molecule has 0 N–H and O–H groups in total. The van der Waals surface area contributed by atoms with Crippen molar-refractivity contribution in [1.29, 1.82) is 0 Å². The Morgan fingerprint density at radius 1 is 0.947 bits per heavy atom. The van der Waals surface area contributed by atoms with Crippen molar-refractivity contribution in [3.63, 3.8) is 0 Å². The van der Waals surface area contributed by atoms with Gasteiger partial charge in [0.15, 0.2) is 0 Å². The Bertz CT molecular complexity index is 495. The second-order valence-corrected chi connectivity index (χ2v) is 5.61. The smallest absolute Gasteiger partial charge is 0.0621 e. The lowest BCUT2D eigenvalue weighted by Crippen LogP contribution is -2.11. The molecule has 1 unspecified atom stereocenters. The third-order valence-corrected chi connectivity index (χ3v) is 4.20. The molecule has 1 heterocycles. The largest absolute Gasteiger partial charge is 0.263 e. The maximum atomic E-state index is 6.18. The normalized spacial score (nSPS) is 12.4. The summed E-state index contributed by atoms with van der Waals surface area (Å²) in [4.78, 5) is 3.99. The first kappa shape index (κ1) is 14.6. The fourth-order valence-corrected chi connectivity index (χ4v) is 2.66. The lowest BCUT2D eigenvalue weighted by atomic mass is 9.94. The van der Waals surface area contributed by atoms with Gasteiger partial charge in [-0.25, -0.2) is 0 Å². The first-order valence-corrected chi connectivity index (χ1v) is 7.37. The molecule has 1 nitrogen and oxygen atoms in total. The summed E-state index contributed by atoms with van der Waals surface area (Å²) < 4.78 is 0. The fraction of sp³-hybridized carbons (Fsp3) is 0.267. The third-order valence-electron chi connectivity index (χ3n) is 3.05. The number of hydrogen-bond donors (Lipinski definition) is 0. The van der Waals surface area contributed by atoms with Gasteiger partial charge in [-0.3, -0.25) is 4.98 Å². The van der Waals surface area contributed by atoms with Gasteiger partial charge < -0.3 is 0 Å². The molecule has 2 rings (SSSR count). The Morgan fingerprint density at radius 3 is 2.26 bits per heavy atom. The Kier molecular flexibility index (Phi) is 5.50. The van der Waals surface area contributed by atoms with Gasteiger partial charge in [0.05, 0.1) is 5.02 Å². The summed E-state index contributed by atoms with van der Waals surface area (Å²) in [7, 11) is 0. The molecule has 2 aromatic rings. The van der Waals surface area contributed by atoms with Gasteiger partial charge in [-0.1, -0.05) is 41.4 Å². The number of rotatable bonds is 5. The van der Waals surface area contributed by atoms with Crippen LogP contribution in [0.25, 0.3) is 0 Å². The van der Waals surface area contributed by atoms with E-state index >= 15 is 0 Å². The zero-order valence-electron chi connectivity index (χ0n) is 10.3. The van der Waals surface area contributed by atoms with Crippen LogP contribution in [0.5, 0.6) is 0 Å². The van der Waals surface area contributed by atoms with Crippen molar-refractivity contribution in [3.8, 4) is 0 Å². The molecule has 1 aromatic carbocycles. The van der Waals surface area contributed by atoms with E-state index in [1.54, 1.807) is 12.4 Å². The van der Waals surface area contributed by atoms with E-state index in [9.17, 15) is 0 Å². The van der Waals surface area contributed by atoms with Crippen molar-refractivity contribution in [2.75, 3.05) is 5.88 Å². The lowest BCUT2D eigenvalue weighted by molar-refractivity contribution is 0.584. The van der Waals surface area contributed by atoms with E-state index in [-0.39, 0.29) is 0 Å². The van der Waals surface area contributed by atoms with Crippen LogP contribution in [0, 0.1) is 5.92 Å². The van der Waals surface area contributed by atoms with Crippen LogP contribution in [0.15, 0.2) is 42.7 Å². The van der Waals surface area contributed by atoms with Crippen LogP contribution in [0.2, 0.25) is 10.0 Å². The molecule has 0 aliphatic heterocycles. The lowest BCUT2D eigenvalue weighted by Gasteiger charge is -2.15. The van der Waals surface area contributed by atoms with E-state index in [4.69, 9.17) is 34.8 Å². The van der Waals surface area contributed by atoms with Crippen molar-refractivity contribution in [3.05, 3.63) is 63.9 Å². The van der Waals surface area contributed by atoms with Crippen molar-refractivity contribution >= 4 is 34.8 Å². The van der Waals surface area contributed by atoms with Gasteiger partial charge in [0.2, 0.25) is 0 Å². The minimum Gasteiger partial charge on any atom is -0.263 e. The van der Waals surface area contributed by atoms with Gasteiger partial charge in [-0.05, 0) is 42.0 Å². The van der Waals surface area contributed by atoms with Gasteiger partial charge in [0.25, 0.3) is 0 Å². The summed E-state index contributed by atoms with van der Waals surface area (Å²) in [5, 5.41) is 1.48. The van der Waals surface area contributed by atoms with Crippen LogP contribution < -0.4 is 0 Å². The van der Waals surface area contributed by atoms with E-state index in [1.165, 1.54) is 0 Å². The monoisotopic (exact) mass is 313 g/mol. The zero-order chi connectivity index (χ0) is 13.7. The highest BCUT2D eigenvalue weighted by atomic mass is 35.5. The molecule has 19 heavy (non-hydrogen) atoms. The van der Waals surface area contributed by atoms with Gasteiger partial charge in [-0.2, -0.15) is 0 Å². The molecular formula is C15H14Cl3N. The van der Waals surface area contributed by atoms with Crippen LogP contribution in [0.3, 0.4) is 0 Å². The number of benzene rings is 1. The summed E-state index contributed by atoms with van der Waals surface area (Å²) in [5.41, 5.74) is 2.20. The molecule has 0 spiro atoms. The van der Waals surface area contributed by atoms with E-state index in [1.807, 2.05) is 30.3 Å². The topological polar surface area (TPSA) is 12.9 Å². The standard InChI is InChI=1S/C15H14Cl3N/c16-9-11(7-12-3-1-2-4-14(12)17)8-13-5-6-19-10-15(13)18/h1-6,10-11H,7-9H2. The molecule has 0 radical (unpaired) electrons. The Balaban J connectivity index is 2.09. The maximum absolute atomic E-state index is 6.18. The molecule has 0 aliphatic carbocycles. The second-order valence-electron chi connectivity index (χ2n) is 4.49. The molecule has 0 saturated heterocycles. The fourth-order valence-electron chi connectivity index (χ4n) is 2.04. The molecule has 0 bridgehead atoms. The van der Waals surface area contributed by atoms with Crippen LogP contribution in [0.1, 0.15) is 11.1 Å². The number of aromatic nitrogens is 1. The minimum absolute atomic E-state index is 0.307. The number of halogens is 3. The zero-order valence-corrected chi connectivity index (χ0v) is 12.6. The van der Waals surface area contributed by atoms with Gasteiger partial charge in [0, 0.05) is 23.3 Å². The van der Waals surface area contributed by atoms with Gasteiger partial charge in [0.1, 0.15) is 0 Å². The summed E-state index contributed by atoms with van der Waals surface area (Å²) in [6, 6.07) is 9.80. The number of pyridine rings is 1. The highest BCUT2D eigenvalue weighted by Crippen LogP contribution is 2.24. The van der Waals surface area contributed by atoms with Crippen molar-refractivity contribution < 1.29 is 0 Å². The second kappa shape index (κ2) is 7.14. The number of alkyl halides is 1. The first-order valence-electron chi connectivity index (χ1n) is 6.08. The van der Waals surface area contributed by atoms with Gasteiger partial charge in [-0.15, -0.1) is 11.6 Å². The minimum atomic E-state index is 0.307. The van der Waals surface area contributed by atoms with E-state index in [0.29, 0.717) is 16.8 Å². The Labute approximate surface area is 128 Å². The quantitative estimate of drug-likeness (QED) is 0.705. The molecule has 4 heteroatoms. The van der Waals surface area contributed by atoms with E-state index in [2.05, 4.69) is 4.98 Å². The number of nitrogens with zero attached hydrogens (tertiary/aromatic N) is 1. The average Bonchev–Trinajstić information content (AvgIpc) is 2.42. The van der Waals surface area contributed by atoms with E-state index < -0.39 is 0 Å². The van der Waals surface area contributed by atoms with Crippen molar-refractivity contribution in [2.45, 2.75) is 12.8 Å². The van der Waals surface area contributed by atoms with Crippen molar-refractivity contribution in [2.24, 2.45) is 5.92 Å². The van der Waals surface area contributed by atoms with Crippen LogP contribution in [-0.4, -0.2) is 10.9 Å². The molecule has 0 saturated carbocycles. The molecular weight excluding hydrogens is 301 g/mol.